The van der Waals surface area contributed by atoms with Crippen LogP contribution in [0.3, 0.4) is 0 Å². The van der Waals surface area contributed by atoms with Crippen LogP contribution < -0.4 is 5.32 Å². The highest BCUT2D eigenvalue weighted by Gasteiger charge is 2.10. The quantitative estimate of drug-likeness (QED) is 0.862. The smallest absolute Gasteiger partial charge is 0.0521 e. The maximum absolute atomic E-state index is 4.18. The van der Waals surface area contributed by atoms with E-state index in [4.69, 9.17) is 0 Å². The van der Waals surface area contributed by atoms with Gasteiger partial charge in [-0.25, -0.2) is 0 Å². The summed E-state index contributed by atoms with van der Waals surface area (Å²) >= 11 is 1.81. The molecule has 16 heavy (non-hydrogen) atoms. The second-order valence-corrected chi connectivity index (χ2v) is 4.90. The predicted molar refractivity (Wildman–Crippen MR) is 67.6 cm³/mol. The highest BCUT2D eigenvalue weighted by molar-refractivity contribution is 7.10. The fourth-order valence-corrected chi connectivity index (χ4v) is 2.70. The number of aryl methyl sites for hydroxylation is 2. The number of hydrogen-bond acceptors (Lipinski definition) is 3. The molecule has 0 aliphatic carbocycles. The zero-order valence-corrected chi connectivity index (χ0v) is 10.5. The first-order valence-electron chi connectivity index (χ1n) is 5.48. The number of rotatable bonds is 5. The molecule has 2 heterocycles. The second kappa shape index (κ2) is 5.27. The predicted octanol–water partition coefficient (Wildman–Crippen LogP) is 2.37. The van der Waals surface area contributed by atoms with Crippen LogP contribution in [0.2, 0.25) is 0 Å². The SMILES string of the molecule is CNC(CCc1cnn(C)c1)c1cccs1. The van der Waals surface area contributed by atoms with Crippen molar-refractivity contribution in [3.05, 3.63) is 40.3 Å². The minimum atomic E-state index is 0.459. The van der Waals surface area contributed by atoms with Crippen LogP contribution in [0.15, 0.2) is 29.9 Å². The van der Waals surface area contributed by atoms with E-state index in [0.717, 1.165) is 12.8 Å². The molecule has 2 aromatic heterocycles. The molecule has 2 aromatic rings. The van der Waals surface area contributed by atoms with Gasteiger partial charge < -0.3 is 5.32 Å². The lowest BCUT2D eigenvalue weighted by Gasteiger charge is -2.13. The fourth-order valence-electron chi connectivity index (χ4n) is 1.83. The second-order valence-electron chi connectivity index (χ2n) is 3.92. The van der Waals surface area contributed by atoms with Crippen LogP contribution in [-0.4, -0.2) is 16.8 Å². The molecule has 0 amide bonds. The van der Waals surface area contributed by atoms with Gasteiger partial charge >= 0.3 is 0 Å². The summed E-state index contributed by atoms with van der Waals surface area (Å²) in [5.41, 5.74) is 1.30. The Morgan fingerprint density at radius 1 is 1.56 bits per heavy atom. The Hall–Kier alpha value is -1.13. The Labute approximate surface area is 100 Å². The molecule has 0 fully saturated rings. The topological polar surface area (TPSA) is 29.9 Å². The van der Waals surface area contributed by atoms with Gasteiger partial charge in [-0.1, -0.05) is 6.07 Å². The Morgan fingerprint density at radius 3 is 3.00 bits per heavy atom. The molecule has 0 spiro atoms. The van der Waals surface area contributed by atoms with Gasteiger partial charge in [0, 0.05) is 24.2 Å². The monoisotopic (exact) mass is 235 g/mol. The van der Waals surface area contributed by atoms with E-state index in [1.165, 1.54) is 10.4 Å². The molecule has 1 unspecified atom stereocenters. The molecule has 0 saturated carbocycles. The molecule has 86 valence electrons. The van der Waals surface area contributed by atoms with Crippen LogP contribution in [0, 0.1) is 0 Å². The van der Waals surface area contributed by atoms with Crippen molar-refractivity contribution in [2.75, 3.05) is 7.05 Å². The highest BCUT2D eigenvalue weighted by atomic mass is 32.1. The molecule has 2 rings (SSSR count). The van der Waals surface area contributed by atoms with E-state index in [1.54, 1.807) is 0 Å². The third kappa shape index (κ3) is 2.71. The molecule has 4 heteroatoms. The standard InChI is InChI=1S/C12H17N3S/c1-13-11(12-4-3-7-16-12)6-5-10-8-14-15(2)9-10/h3-4,7-9,11,13H,5-6H2,1-2H3. The van der Waals surface area contributed by atoms with E-state index in [-0.39, 0.29) is 0 Å². The molecule has 0 aliphatic rings. The molecular formula is C12H17N3S. The van der Waals surface area contributed by atoms with Crippen molar-refractivity contribution in [3.63, 3.8) is 0 Å². The third-order valence-electron chi connectivity index (χ3n) is 2.72. The largest absolute Gasteiger partial charge is 0.312 e. The van der Waals surface area contributed by atoms with Gasteiger partial charge in [0.2, 0.25) is 0 Å². The summed E-state index contributed by atoms with van der Waals surface area (Å²) < 4.78 is 1.86. The molecule has 1 N–H and O–H groups in total. The van der Waals surface area contributed by atoms with E-state index in [9.17, 15) is 0 Å². The Morgan fingerprint density at radius 2 is 2.44 bits per heavy atom. The van der Waals surface area contributed by atoms with Crippen molar-refractivity contribution < 1.29 is 0 Å². The summed E-state index contributed by atoms with van der Waals surface area (Å²) in [6.45, 7) is 0. The fraction of sp³-hybridized carbons (Fsp3) is 0.417. The van der Waals surface area contributed by atoms with Gasteiger partial charge in [0.25, 0.3) is 0 Å². The van der Waals surface area contributed by atoms with Gasteiger partial charge in [-0.05, 0) is 36.9 Å². The normalized spacial score (nSPS) is 12.9. The molecular weight excluding hydrogens is 218 g/mol. The van der Waals surface area contributed by atoms with Crippen molar-refractivity contribution in [1.29, 1.82) is 0 Å². The Balaban J connectivity index is 1.93. The van der Waals surface area contributed by atoms with Crippen LogP contribution in [0.4, 0.5) is 0 Å². The van der Waals surface area contributed by atoms with Crippen molar-refractivity contribution in [2.45, 2.75) is 18.9 Å². The van der Waals surface area contributed by atoms with Crippen LogP contribution in [-0.2, 0) is 13.5 Å². The summed E-state index contributed by atoms with van der Waals surface area (Å²) in [7, 11) is 3.98. The molecule has 0 aromatic carbocycles. The van der Waals surface area contributed by atoms with Crippen LogP contribution >= 0.6 is 11.3 Å². The molecule has 3 nitrogen and oxygen atoms in total. The van der Waals surface area contributed by atoms with Gasteiger partial charge in [-0.2, -0.15) is 5.10 Å². The molecule has 0 saturated heterocycles. The van der Waals surface area contributed by atoms with Crippen LogP contribution in [0.1, 0.15) is 22.9 Å². The van der Waals surface area contributed by atoms with E-state index in [0.29, 0.717) is 6.04 Å². The Bertz CT molecular complexity index is 419. The van der Waals surface area contributed by atoms with E-state index < -0.39 is 0 Å². The van der Waals surface area contributed by atoms with E-state index in [1.807, 2.05) is 36.3 Å². The minimum absolute atomic E-state index is 0.459. The van der Waals surface area contributed by atoms with Gasteiger partial charge in [-0.3, -0.25) is 4.68 Å². The lowest BCUT2D eigenvalue weighted by molar-refractivity contribution is 0.558. The molecule has 0 bridgehead atoms. The van der Waals surface area contributed by atoms with Gasteiger partial charge in [-0.15, -0.1) is 11.3 Å². The van der Waals surface area contributed by atoms with Crippen molar-refractivity contribution in [2.24, 2.45) is 7.05 Å². The first-order valence-corrected chi connectivity index (χ1v) is 6.35. The molecule has 0 aliphatic heterocycles. The third-order valence-corrected chi connectivity index (χ3v) is 3.70. The average Bonchev–Trinajstić information content (AvgIpc) is 2.91. The lowest BCUT2D eigenvalue weighted by Crippen LogP contribution is -2.15. The zero-order chi connectivity index (χ0) is 11.4. The Kier molecular flexibility index (Phi) is 3.74. The summed E-state index contributed by atoms with van der Waals surface area (Å²) in [6.07, 6.45) is 6.21. The highest BCUT2D eigenvalue weighted by Crippen LogP contribution is 2.22. The number of aromatic nitrogens is 2. The number of hydrogen-bond donors (Lipinski definition) is 1. The number of nitrogens with zero attached hydrogens (tertiary/aromatic N) is 2. The summed E-state index contributed by atoms with van der Waals surface area (Å²) in [5.74, 6) is 0. The van der Waals surface area contributed by atoms with E-state index >= 15 is 0 Å². The average molecular weight is 235 g/mol. The number of nitrogens with one attached hydrogen (secondary N) is 1. The van der Waals surface area contributed by atoms with Gasteiger partial charge in [0.05, 0.1) is 6.20 Å². The maximum Gasteiger partial charge on any atom is 0.0521 e. The first kappa shape index (κ1) is 11.4. The molecule has 0 radical (unpaired) electrons. The van der Waals surface area contributed by atoms with Gasteiger partial charge in [0.1, 0.15) is 0 Å². The zero-order valence-electron chi connectivity index (χ0n) is 9.68. The van der Waals surface area contributed by atoms with E-state index in [2.05, 4.69) is 34.1 Å². The van der Waals surface area contributed by atoms with Crippen molar-refractivity contribution in [1.82, 2.24) is 15.1 Å². The minimum Gasteiger partial charge on any atom is -0.312 e. The van der Waals surface area contributed by atoms with Crippen molar-refractivity contribution >= 4 is 11.3 Å². The summed E-state index contributed by atoms with van der Waals surface area (Å²) in [4.78, 5) is 1.41. The van der Waals surface area contributed by atoms with Crippen LogP contribution in [0.5, 0.6) is 0 Å². The summed E-state index contributed by atoms with van der Waals surface area (Å²) in [6, 6.07) is 4.75. The van der Waals surface area contributed by atoms with Crippen molar-refractivity contribution in [3.8, 4) is 0 Å². The lowest BCUT2D eigenvalue weighted by atomic mass is 10.1. The van der Waals surface area contributed by atoms with Crippen LogP contribution in [0.25, 0.3) is 0 Å². The molecule has 1 atom stereocenters. The first-order chi connectivity index (χ1) is 7.79. The maximum atomic E-state index is 4.18. The van der Waals surface area contributed by atoms with Gasteiger partial charge in [0.15, 0.2) is 0 Å². The number of thiophene rings is 1. The summed E-state index contributed by atoms with van der Waals surface area (Å²) in [5, 5.41) is 9.68.